The summed E-state index contributed by atoms with van der Waals surface area (Å²) in [5.74, 6) is 3.69. The molecule has 0 saturated carbocycles. The van der Waals surface area contributed by atoms with Crippen molar-refractivity contribution in [3.63, 3.8) is 0 Å². The van der Waals surface area contributed by atoms with E-state index < -0.39 is 0 Å². The fourth-order valence-electron chi connectivity index (χ4n) is 4.96. The fraction of sp³-hybridized carbons (Fsp3) is 0.367. The van der Waals surface area contributed by atoms with Crippen LogP contribution in [0.15, 0.2) is 146 Å². The molecule has 0 aliphatic carbocycles. The van der Waals surface area contributed by atoms with Gasteiger partial charge in [0.2, 0.25) is 0 Å². The molecule has 4 heterocycles. The lowest BCUT2D eigenvalue weighted by Crippen LogP contribution is -1.88. The minimum absolute atomic E-state index is 0. The molecule has 6 rings (SSSR count). The second-order valence-electron chi connectivity index (χ2n) is 16.3. The van der Waals surface area contributed by atoms with Crippen LogP contribution >= 0.6 is 0 Å². The maximum atomic E-state index is 8.12. The molecule has 4 aromatic heterocycles. The molecular formula is C60H80N4O12. The van der Waals surface area contributed by atoms with E-state index in [0.29, 0.717) is 35.5 Å². The molecule has 76 heavy (non-hydrogen) atoms. The zero-order chi connectivity index (χ0) is 58.1. The van der Waals surface area contributed by atoms with E-state index in [4.69, 9.17) is 57.5 Å². The molecule has 0 aliphatic heterocycles. The summed E-state index contributed by atoms with van der Waals surface area (Å²) in [6.45, 7) is 30.2. The quantitative estimate of drug-likeness (QED) is 0.150. The van der Waals surface area contributed by atoms with Crippen LogP contribution in [0, 0.1) is 13.8 Å². The Labute approximate surface area is 451 Å². The lowest BCUT2D eigenvalue weighted by Gasteiger charge is -2.03. The molecule has 6 aromatic rings. The van der Waals surface area contributed by atoms with Crippen molar-refractivity contribution in [2.45, 2.75) is 147 Å². The third-order valence-corrected chi connectivity index (χ3v) is 8.74. The van der Waals surface area contributed by atoms with Crippen molar-refractivity contribution in [3.05, 3.63) is 191 Å². The van der Waals surface area contributed by atoms with Gasteiger partial charge in [0.1, 0.15) is 0 Å². The molecule has 412 valence electrons. The summed E-state index contributed by atoms with van der Waals surface area (Å²) in [5, 5.41) is 0. The summed E-state index contributed by atoms with van der Waals surface area (Å²) >= 11 is 0. The Hall–Kier alpha value is -8.68. The summed E-state index contributed by atoms with van der Waals surface area (Å²) in [4.78, 5) is 114. The highest BCUT2D eigenvalue weighted by Crippen LogP contribution is 2.15. The molecule has 0 amide bonds. The summed E-state index contributed by atoms with van der Waals surface area (Å²) < 4.78 is 0. The average Bonchev–Trinajstić information content (AvgIpc) is 3.37. The Morgan fingerprint density at radius 2 is 0.592 bits per heavy atom. The van der Waals surface area contributed by atoms with Crippen molar-refractivity contribution in [3.8, 4) is 0 Å². The van der Waals surface area contributed by atoms with Gasteiger partial charge in [-0.3, -0.25) is 19.9 Å². The van der Waals surface area contributed by atoms with Crippen molar-refractivity contribution < 1.29 is 57.5 Å². The number of hydrogen-bond acceptors (Lipinski definition) is 16. The second-order valence-corrected chi connectivity index (χ2v) is 16.3. The first kappa shape index (κ1) is 84.1. The number of benzene rings is 2. The highest BCUT2D eigenvalue weighted by Gasteiger charge is 1.99. The molecule has 0 fully saturated rings. The summed E-state index contributed by atoms with van der Waals surface area (Å²) in [6.07, 6.45) is 10.8. The van der Waals surface area contributed by atoms with Crippen LogP contribution < -0.4 is 0 Å². The first-order valence-electron chi connectivity index (χ1n) is 22.8. The molecule has 0 aliphatic rings. The van der Waals surface area contributed by atoms with Crippen molar-refractivity contribution >= 4 is 36.9 Å². The highest BCUT2D eigenvalue weighted by molar-refractivity contribution is 5.22. The molecule has 0 N–H and O–H groups in total. The molecular weight excluding hydrogens is 969 g/mol. The van der Waals surface area contributed by atoms with E-state index in [9.17, 15) is 0 Å². The molecule has 2 aromatic carbocycles. The van der Waals surface area contributed by atoms with Crippen LogP contribution in [0.3, 0.4) is 0 Å². The van der Waals surface area contributed by atoms with Crippen LogP contribution in [-0.4, -0.2) is 56.8 Å². The lowest BCUT2D eigenvalue weighted by atomic mass is 10.0. The molecule has 0 spiro atoms. The van der Waals surface area contributed by atoms with Crippen molar-refractivity contribution in [2.75, 3.05) is 0 Å². The van der Waals surface area contributed by atoms with Gasteiger partial charge < -0.3 is 0 Å². The maximum absolute atomic E-state index is 8.12. The fourth-order valence-corrected chi connectivity index (χ4v) is 4.96. The minimum atomic E-state index is 0. The van der Waals surface area contributed by atoms with Gasteiger partial charge in [-0.15, -0.1) is 0 Å². The van der Waals surface area contributed by atoms with Crippen molar-refractivity contribution in [1.29, 1.82) is 0 Å². The van der Waals surface area contributed by atoms with Gasteiger partial charge in [0.25, 0.3) is 0 Å². The number of carbonyl (C=O) groups excluding carboxylic acids is 12. The topological polar surface area (TPSA) is 256 Å². The number of hydrogen-bond donors (Lipinski definition) is 0. The van der Waals surface area contributed by atoms with Gasteiger partial charge in [0.15, 0.2) is 0 Å². The minimum Gasteiger partial charge on any atom is -0.264 e. The number of aryl methyl sites for hydroxylation is 2. The van der Waals surface area contributed by atoms with Crippen LogP contribution in [0.2, 0.25) is 0 Å². The van der Waals surface area contributed by atoms with E-state index in [-0.39, 0.29) is 51.8 Å². The predicted octanol–water partition coefficient (Wildman–Crippen LogP) is 12.8. The zero-order valence-corrected chi connectivity index (χ0v) is 45.0. The molecule has 0 atom stereocenters. The third-order valence-electron chi connectivity index (χ3n) is 8.74. The van der Waals surface area contributed by atoms with Crippen LogP contribution in [0.4, 0.5) is 0 Å². The molecule has 0 bridgehead atoms. The number of rotatable bonds is 6. The van der Waals surface area contributed by atoms with E-state index in [2.05, 4.69) is 182 Å². The Kier molecular flexibility index (Phi) is 69.1. The Morgan fingerprint density at radius 3 is 0.763 bits per heavy atom. The zero-order valence-electron chi connectivity index (χ0n) is 45.0. The molecule has 0 radical (unpaired) electrons. The summed E-state index contributed by atoms with van der Waals surface area (Å²) in [5.41, 5.74) is 10.2. The predicted molar refractivity (Wildman–Crippen MR) is 287 cm³/mol. The van der Waals surface area contributed by atoms with Gasteiger partial charge in [-0.25, -0.2) is 0 Å². The summed E-state index contributed by atoms with van der Waals surface area (Å²) in [7, 11) is 0. The first-order chi connectivity index (χ1) is 35.1. The van der Waals surface area contributed by atoms with Gasteiger partial charge in [-0.2, -0.15) is 57.5 Å². The van der Waals surface area contributed by atoms with Gasteiger partial charge in [0, 0.05) is 48.1 Å². The Bertz CT molecular complexity index is 2100. The first-order valence-corrected chi connectivity index (χ1v) is 22.8. The monoisotopic (exact) mass is 1050 g/mol. The van der Waals surface area contributed by atoms with Crippen LogP contribution in [0.25, 0.3) is 0 Å². The average molecular weight is 1050 g/mol. The van der Waals surface area contributed by atoms with E-state index in [0.717, 1.165) is 17.1 Å². The molecule has 16 nitrogen and oxygen atoms in total. The molecule has 0 saturated heterocycles. The SMILES string of the molecule is C.C.CC(C)c1ccccc1.CC(C)c1ccccc1.CC(C)c1ccccn1.CC(C)c1cccnc1.Cc1cc(C(C)C)ccn1.Cc1cc(C(C)C)ccn1.O=C=O.O=C=O.O=C=O.O=C=O.O=C=O.O=C=O. The van der Waals surface area contributed by atoms with Gasteiger partial charge >= 0.3 is 36.9 Å². The van der Waals surface area contributed by atoms with E-state index in [1.807, 2.05) is 75.0 Å². The normalized spacial score (nSPS) is 8.16. The van der Waals surface area contributed by atoms with Gasteiger partial charge in [-0.05, 0) is 120 Å². The summed E-state index contributed by atoms with van der Waals surface area (Å²) in [6, 6.07) is 39.5. The molecule has 0 unspecified atom stereocenters. The van der Waals surface area contributed by atoms with E-state index in [1.54, 1.807) is 6.20 Å². The van der Waals surface area contributed by atoms with Crippen LogP contribution in [0.5, 0.6) is 0 Å². The third kappa shape index (κ3) is 59.6. The van der Waals surface area contributed by atoms with Gasteiger partial charge in [0.05, 0.1) is 0 Å². The number of pyridine rings is 4. The second kappa shape index (κ2) is 62.4. The van der Waals surface area contributed by atoms with Crippen molar-refractivity contribution in [2.24, 2.45) is 0 Å². The van der Waals surface area contributed by atoms with E-state index >= 15 is 0 Å². The largest absolute Gasteiger partial charge is 0.373 e. The lowest BCUT2D eigenvalue weighted by molar-refractivity contribution is -0.193. The Balaban J connectivity index is -0.000000114. The van der Waals surface area contributed by atoms with E-state index in [1.165, 1.54) is 27.8 Å². The van der Waals surface area contributed by atoms with Crippen molar-refractivity contribution in [1.82, 2.24) is 19.9 Å². The standard InChI is InChI=1S/2C9H13N.2C9H12.2C8H11N.6CO2.2CH4/c2*1-7(2)9-4-5-10-8(3)6-9;2*1-8(2)9-6-4-3-5-7-9;1-7(2)8-4-3-5-9-6-8;1-7(2)8-5-3-4-6-9-8;6*2-1-3;;/h2*4-7H,1-3H3;2*3-8H,1-2H3;2*3-7H,1-2H3;;;;;;;2*1H4. The highest BCUT2D eigenvalue weighted by atomic mass is 16.2. The number of nitrogens with zero attached hydrogens (tertiary/aromatic N) is 4. The molecule has 16 heteroatoms. The van der Waals surface area contributed by atoms with Gasteiger partial charge in [-0.1, -0.05) is 171 Å². The van der Waals surface area contributed by atoms with Crippen LogP contribution in [-0.2, 0) is 57.5 Å². The Morgan fingerprint density at radius 1 is 0.303 bits per heavy atom. The number of aromatic nitrogens is 4. The maximum Gasteiger partial charge on any atom is 0.373 e. The smallest absolute Gasteiger partial charge is 0.264 e. The van der Waals surface area contributed by atoms with Crippen LogP contribution in [0.1, 0.15) is 178 Å².